The number of ether oxygens (including phenoxy) is 2. The van der Waals surface area contributed by atoms with Gasteiger partial charge in [0.05, 0.1) is 14.2 Å². The molecular formula is C47H66O2. The van der Waals surface area contributed by atoms with Gasteiger partial charge in [-0.2, -0.15) is 0 Å². The predicted octanol–water partition coefficient (Wildman–Crippen LogP) is 13.6. The van der Waals surface area contributed by atoms with Gasteiger partial charge in [-0.15, -0.1) is 0 Å². The molecule has 49 heavy (non-hydrogen) atoms. The summed E-state index contributed by atoms with van der Waals surface area (Å²) in [4.78, 5) is 0. The van der Waals surface area contributed by atoms with E-state index in [4.69, 9.17) is 9.47 Å². The minimum Gasteiger partial charge on any atom is -0.497 e. The van der Waals surface area contributed by atoms with Crippen LogP contribution >= 0.6 is 0 Å². The van der Waals surface area contributed by atoms with Crippen LogP contribution in [0.3, 0.4) is 0 Å². The maximum atomic E-state index is 5.44. The lowest BCUT2D eigenvalue weighted by molar-refractivity contribution is 0.0229. The quantitative estimate of drug-likeness (QED) is 0.160. The third-order valence-corrected chi connectivity index (χ3v) is 13.6. The number of rotatable bonds is 14. The van der Waals surface area contributed by atoms with Crippen molar-refractivity contribution >= 4 is 0 Å². The minimum atomic E-state index is 0.712. The third-order valence-electron chi connectivity index (χ3n) is 13.6. The Hall–Kier alpha value is -2.74. The molecule has 0 spiro atoms. The first-order valence-corrected chi connectivity index (χ1v) is 20.5. The number of hydrogen-bond acceptors (Lipinski definition) is 2. The predicted molar refractivity (Wildman–Crippen MR) is 208 cm³/mol. The second-order valence-electron chi connectivity index (χ2n) is 16.3. The van der Waals surface area contributed by atoms with Crippen molar-refractivity contribution in [3.8, 4) is 22.6 Å². The van der Waals surface area contributed by atoms with Gasteiger partial charge in [0.1, 0.15) is 11.5 Å². The summed E-state index contributed by atoms with van der Waals surface area (Å²) < 4.78 is 10.8. The smallest absolute Gasteiger partial charge is 0.118 e. The van der Waals surface area contributed by atoms with Gasteiger partial charge in [0.2, 0.25) is 0 Å². The summed E-state index contributed by atoms with van der Waals surface area (Å²) >= 11 is 0. The van der Waals surface area contributed by atoms with Crippen LogP contribution in [0.4, 0.5) is 0 Å². The Morgan fingerprint density at radius 1 is 0.469 bits per heavy atom. The lowest BCUT2D eigenvalue weighted by Gasteiger charge is -2.49. The van der Waals surface area contributed by atoms with Crippen molar-refractivity contribution in [3.05, 3.63) is 83.9 Å². The molecule has 0 saturated heterocycles. The molecule has 3 aliphatic rings. The molecule has 3 aromatic rings. The molecule has 6 unspecified atom stereocenters. The van der Waals surface area contributed by atoms with Gasteiger partial charge in [-0.1, -0.05) is 107 Å². The Bertz CT molecular complexity index is 1370. The second kappa shape index (κ2) is 18.0. The van der Waals surface area contributed by atoms with E-state index in [9.17, 15) is 0 Å². The van der Waals surface area contributed by atoms with Crippen molar-refractivity contribution in [2.45, 2.75) is 135 Å². The number of unbranched alkanes of at least 4 members (excludes halogenated alkanes) is 3. The van der Waals surface area contributed by atoms with Gasteiger partial charge >= 0.3 is 0 Å². The molecular weight excluding hydrogens is 597 g/mol. The fourth-order valence-corrected chi connectivity index (χ4v) is 10.7. The fraction of sp³-hybridized carbons (Fsp3) is 0.617. The molecule has 6 rings (SSSR count). The molecule has 2 heteroatoms. The Kier molecular flexibility index (Phi) is 13.2. The summed E-state index contributed by atoms with van der Waals surface area (Å²) in [6.45, 7) is 4.78. The molecule has 0 aliphatic heterocycles. The first-order chi connectivity index (χ1) is 24.1. The van der Waals surface area contributed by atoms with Gasteiger partial charge in [0, 0.05) is 0 Å². The minimum absolute atomic E-state index is 0.712. The molecule has 266 valence electrons. The molecule has 3 aliphatic carbocycles. The van der Waals surface area contributed by atoms with Crippen LogP contribution in [-0.2, 0) is 0 Å². The zero-order valence-corrected chi connectivity index (χ0v) is 31.4. The molecule has 2 nitrogen and oxygen atoms in total. The molecule has 0 bridgehead atoms. The molecule has 0 amide bonds. The summed E-state index contributed by atoms with van der Waals surface area (Å²) in [6, 6.07) is 27.2. The summed E-state index contributed by atoms with van der Waals surface area (Å²) in [5, 5.41) is 0. The van der Waals surface area contributed by atoms with Crippen LogP contribution < -0.4 is 9.47 Å². The van der Waals surface area contributed by atoms with Crippen LogP contribution in [0.25, 0.3) is 11.1 Å². The first-order valence-electron chi connectivity index (χ1n) is 20.5. The van der Waals surface area contributed by atoms with E-state index in [0.29, 0.717) is 5.92 Å². The molecule has 3 fully saturated rings. The summed E-state index contributed by atoms with van der Waals surface area (Å²) in [5.41, 5.74) is 5.70. The lowest BCUT2D eigenvalue weighted by Crippen LogP contribution is -2.39. The van der Waals surface area contributed by atoms with Crippen molar-refractivity contribution in [3.63, 3.8) is 0 Å². The maximum Gasteiger partial charge on any atom is 0.118 e. The standard InChI is InChI=1S/C47H66O2/c1-5-7-9-11-41-21-23-43(39-18-14-35(15-19-39)37-26-30-45(49-4)31-27-37)33-47(41)46-32-42(22-20-40(46)10-8-6-2)38-16-12-34(13-17-38)36-24-28-44(48-3)29-25-36/h14-15,18-19,24-31,34,38,40-43,46-47H,5-13,16-17,20-23,32-33H2,1-4H3. The Balaban J connectivity index is 1.16. The highest BCUT2D eigenvalue weighted by Gasteiger charge is 2.43. The van der Waals surface area contributed by atoms with Crippen LogP contribution in [-0.4, -0.2) is 14.2 Å². The number of hydrogen-bond donors (Lipinski definition) is 0. The summed E-state index contributed by atoms with van der Waals surface area (Å²) in [7, 11) is 3.51. The van der Waals surface area contributed by atoms with E-state index < -0.39 is 0 Å². The van der Waals surface area contributed by atoms with E-state index in [1.165, 1.54) is 126 Å². The van der Waals surface area contributed by atoms with Crippen LogP contribution in [0.5, 0.6) is 11.5 Å². The van der Waals surface area contributed by atoms with Gasteiger partial charge in [-0.25, -0.2) is 0 Å². The highest BCUT2D eigenvalue weighted by molar-refractivity contribution is 5.64. The monoisotopic (exact) mass is 663 g/mol. The van der Waals surface area contributed by atoms with E-state index in [0.717, 1.165) is 52.9 Å². The normalized spacial score (nSPS) is 29.0. The summed E-state index contributed by atoms with van der Waals surface area (Å²) in [5.74, 6) is 8.93. The van der Waals surface area contributed by atoms with E-state index >= 15 is 0 Å². The van der Waals surface area contributed by atoms with Crippen LogP contribution in [0, 0.1) is 35.5 Å². The largest absolute Gasteiger partial charge is 0.497 e. The van der Waals surface area contributed by atoms with E-state index in [1.807, 2.05) is 0 Å². The zero-order chi connectivity index (χ0) is 34.0. The average Bonchev–Trinajstić information content (AvgIpc) is 3.17. The maximum absolute atomic E-state index is 5.44. The molecule has 3 aromatic carbocycles. The molecule has 3 saturated carbocycles. The number of methoxy groups -OCH3 is 2. The van der Waals surface area contributed by atoms with Gasteiger partial charge in [0.25, 0.3) is 0 Å². The highest BCUT2D eigenvalue weighted by Crippen LogP contribution is 2.54. The van der Waals surface area contributed by atoms with Crippen LogP contribution in [0.15, 0.2) is 72.8 Å². The molecule has 0 radical (unpaired) electrons. The molecule has 0 aromatic heterocycles. The van der Waals surface area contributed by atoms with Gasteiger partial charge in [-0.05, 0) is 158 Å². The SMILES string of the molecule is CCCCCC1CCC(c2ccc(-c3ccc(OC)cc3)cc2)CC1C1CC(C2CCC(c3ccc(OC)cc3)CC2)CCC1CCCC. The van der Waals surface area contributed by atoms with E-state index in [2.05, 4.69) is 86.6 Å². The zero-order valence-electron chi connectivity index (χ0n) is 31.4. The highest BCUT2D eigenvalue weighted by atomic mass is 16.5. The lowest BCUT2D eigenvalue weighted by atomic mass is 9.56. The Labute approximate surface area is 299 Å². The van der Waals surface area contributed by atoms with Gasteiger partial charge in [-0.3, -0.25) is 0 Å². The van der Waals surface area contributed by atoms with E-state index in [-0.39, 0.29) is 0 Å². The Morgan fingerprint density at radius 3 is 1.55 bits per heavy atom. The second-order valence-corrected chi connectivity index (χ2v) is 16.3. The molecule has 0 heterocycles. The Morgan fingerprint density at radius 2 is 0.939 bits per heavy atom. The van der Waals surface area contributed by atoms with Crippen molar-refractivity contribution in [1.29, 1.82) is 0 Å². The van der Waals surface area contributed by atoms with E-state index in [1.54, 1.807) is 19.8 Å². The van der Waals surface area contributed by atoms with Crippen molar-refractivity contribution < 1.29 is 9.47 Å². The topological polar surface area (TPSA) is 18.5 Å². The molecule has 0 N–H and O–H groups in total. The summed E-state index contributed by atoms with van der Waals surface area (Å²) in [6.07, 6.45) is 24.2. The third kappa shape index (κ3) is 9.14. The van der Waals surface area contributed by atoms with Crippen molar-refractivity contribution in [2.75, 3.05) is 14.2 Å². The van der Waals surface area contributed by atoms with Crippen molar-refractivity contribution in [1.82, 2.24) is 0 Å². The number of benzene rings is 3. The van der Waals surface area contributed by atoms with Crippen LogP contribution in [0.1, 0.15) is 146 Å². The average molecular weight is 663 g/mol. The van der Waals surface area contributed by atoms with Gasteiger partial charge < -0.3 is 9.47 Å². The van der Waals surface area contributed by atoms with Crippen LogP contribution in [0.2, 0.25) is 0 Å². The first kappa shape index (κ1) is 36.1. The fourth-order valence-electron chi connectivity index (χ4n) is 10.7. The molecule has 6 atom stereocenters. The van der Waals surface area contributed by atoms with Crippen molar-refractivity contribution in [2.24, 2.45) is 35.5 Å². The van der Waals surface area contributed by atoms with Gasteiger partial charge in [0.15, 0.2) is 0 Å².